The molecule has 0 unspecified atom stereocenters. The quantitative estimate of drug-likeness (QED) is 0.929. The van der Waals surface area contributed by atoms with Gasteiger partial charge in [0.25, 0.3) is 0 Å². The molecule has 2 rings (SSSR count). The van der Waals surface area contributed by atoms with E-state index < -0.39 is 0 Å². The maximum Gasteiger partial charge on any atom is 0.147 e. The number of pyridine rings is 1. The first-order valence-electron chi connectivity index (χ1n) is 6.06. The number of rotatable bonds is 4. The average molecular weight is 272 g/mol. The van der Waals surface area contributed by atoms with Crippen molar-refractivity contribution in [1.82, 2.24) is 4.98 Å². The Bertz CT molecular complexity index is 584. The molecule has 4 nitrogen and oxygen atoms in total. The van der Waals surface area contributed by atoms with Crippen molar-refractivity contribution in [2.75, 3.05) is 10.6 Å². The van der Waals surface area contributed by atoms with Gasteiger partial charge in [0.1, 0.15) is 11.9 Å². The second-order valence-electron chi connectivity index (χ2n) is 4.55. The standard InChI is InChI=1S/C14H16N4S/c1-10(2)18(9-13-4-3-5-19-13)14-11(7-15)6-12(16)8-17-14/h3-6,8,10H,9,16H2,1-2H3. The summed E-state index contributed by atoms with van der Waals surface area (Å²) in [5.41, 5.74) is 6.72. The Kier molecular flexibility index (Phi) is 4.03. The van der Waals surface area contributed by atoms with E-state index >= 15 is 0 Å². The number of aromatic nitrogens is 1. The molecule has 0 radical (unpaired) electrons. The van der Waals surface area contributed by atoms with Crippen LogP contribution in [0.5, 0.6) is 0 Å². The molecule has 2 heterocycles. The second kappa shape index (κ2) is 5.72. The van der Waals surface area contributed by atoms with Crippen LogP contribution in [0.3, 0.4) is 0 Å². The van der Waals surface area contributed by atoms with Gasteiger partial charge in [-0.2, -0.15) is 5.26 Å². The van der Waals surface area contributed by atoms with Crippen LogP contribution in [-0.4, -0.2) is 11.0 Å². The molecule has 5 heteroatoms. The smallest absolute Gasteiger partial charge is 0.147 e. The van der Waals surface area contributed by atoms with Gasteiger partial charge in [-0.15, -0.1) is 11.3 Å². The van der Waals surface area contributed by atoms with Crippen LogP contribution in [0.15, 0.2) is 29.8 Å². The van der Waals surface area contributed by atoms with Crippen LogP contribution in [0.25, 0.3) is 0 Å². The van der Waals surface area contributed by atoms with Gasteiger partial charge in [-0.1, -0.05) is 6.07 Å². The highest BCUT2D eigenvalue weighted by molar-refractivity contribution is 7.09. The fourth-order valence-electron chi connectivity index (χ4n) is 1.86. The lowest BCUT2D eigenvalue weighted by molar-refractivity contribution is 0.676. The van der Waals surface area contributed by atoms with Crippen molar-refractivity contribution in [1.29, 1.82) is 5.26 Å². The Morgan fingerprint density at radius 1 is 1.53 bits per heavy atom. The minimum atomic E-state index is 0.255. The number of nitriles is 1. The van der Waals surface area contributed by atoms with Gasteiger partial charge in [-0.25, -0.2) is 4.98 Å². The van der Waals surface area contributed by atoms with Crippen molar-refractivity contribution in [2.45, 2.75) is 26.4 Å². The van der Waals surface area contributed by atoms with E-state index in [0.29, 0.717) is 17.1 Å². The highest BCUT2D eigenvalue weighted by Crippen LogP contribution is 2.24. The van der Waals surface area contributed by atoms with Crippen molar-refractivity contribution in [2.24, 2.45) is 0 Å². The van der Waals surface area contributed by atoms with Crippen molar-refractivity contribution in [3.05, 3.63) is 40.2 Å². The minimum absolute atomic E-state index is 0.255. The number of nitrogens with two attached hydrogens (primary N) is 1. The average Bonchev–Trinajstić information content (AvgIpc) is 2.89. The van der Waals surface area contributed by atoms with Gasteiger partial charge in [0, 0.05) is 10.9 Å². The largest absolute Gasteiger partial charge is 0.397 e. The molecule has 0 atom stereocenters. The molecule has 0 fully saturated rings. The molecule has 0 saturated carbocycles. The lowest BCUT2D eigenvalue weighted by atomic mass is 10.2. The maximum absolute atomic E-state index is 9.23. The summed E-state index contributed by atoms with van der Waals surface area (Å²) in [7, 11) is 0. The zero-order chi connectivity index (χ0) is 13.8. The van der Waals surface area contributed by atoms with Crippen molar-refractivity contribution in [3.63, 3.8) is 0 Å². The van der Waals surface area contributed by atoms with Crippen LogP contribution < -0.4 is 10.6 Å². The number of nitrogens with zero attached hydrogens (tertiary/aromatic N) is 3. The lowest BCUT2D eigenvalue weighted by Gasteiger charge is -2.28. The van der Waals surface area contributed by atoms with Crippen LogP contribution in [0.1, 0.15) is 24.3 Å². The van der Waals surface area contributed by atoms with Gasteiger partial charge < -0.3 is 10.6 Å². The Morgan fingerprint density at radius 2 is 2.32 bits per heavy atom. The Labute approximate surface area is 117 Å². The van der Waals surface area contributed by atoms with Crippen LogP contribution in [0.4, 0.5) is 11.5 Å². The van der Waals surface area contributed by atoms with E-state index in [4.69, 9.17) is 5.73 Å². The zero-order valence-electron chi connectivity index (χ0n) is 11.0. The van der Waals surface area contributed by atoms with Gasteiger partial charge in [0.05, 0.1) is 24.0 Å². The molecule has 0 aliphatic heterocycles. The van der Waals surface area contributed by atoms with Gasteiger partial charge in [0.15, 0.2) is 0 Å². The van der Waals surface area contributed by atoms with Crippen molar-refractivity contribution in [3.8, 4) is 6.07 Å². The fourth-order valence-corrected chi connectivity index (χ4v) is 2.56. The SMILES string of the molecule is CC(C)N(Cc1cccs1)c1ncc(N)cc1C#N. The van der Waals surface area contributed by atoms with Gasteiger partial charge in [-0.3, -0.25) is 0 Å². The van der Waals surface area contributed by atoms with Crippen LogP contribution in [-0.2, 0) is 6.54 Å². The maximum atomic E-state index is 9.23. The summed E-state index contributed by atoms with van der Waals surface area (Å²) in [5.74, 6) is 0.695. The van der Waals surface area contributed by atoms with Crippen LogP contribution >= 0.6 is 11.3 Å². The molecule has 2 aromatic heterocycles. The molecule has 98 valence electrons. The molecule has 0 spiro atoms. The monoisotopic (exact) mass is 272 g/mol. The first-order chi connectivity index (χ1) is 9.11. The second-order valence-corrected chi connectivity index (χ2v) is 5.58. The summed E-state index contributed by atoms with van der Waals surface area (Å²) < 4.78 is 0. The first kappa shape index (κ1) is 13.4. The molecule has 0 saturated heterocycles. The Morgan fingerprint density at radius 3 is 2.89 bits per heavy atom. The molecule has 19 heavy (non-hydrogen) atoms. The summed E-state index contributed by atoms with van der Waals surface area (Å²) in [6.45, 7) is 4.93. The predicted octanol–water partition coefficient (Wildman–Crippen LogP) is 3.01. The van der Waals surface area contributed by atoms with Crippen molar-refractivity contribution < 1.29 is 0 Å². The highest BCUT2D eigenvalue weighted by Gasteiger charge is 2.17. The molecular weight excluding hydrogens is 256 g/mol. The fraction of sp³-hybridized carbons (Fsp3) is 0.286. The number of nitrogen functional groups attached to an aromatic ring is 1. The predicted molar refractivity (Wildman–Crippen MR) is 79.0 cm³/mol. The molecular formula is C14H16N4S. The normalized spacial score (nSPS) is 10.4. The van der Waals surface area contributed by atoms with E-state index in [1.54, 1.807) is 23.6 Å². The van der Waals surface area contributed by atoms with E-state index in [1.807, 2.05) is 6.07 Å². The van der Waals surface area contributed by atoms with E-state index in [2.05, 4.69) is 41.2 Å². The van der Waals surface area contributed by atoms with Gasteiger partial charge in [0.2, 0.25) is 0 Å². The number of thiophene rings is 1. The van der Waals surface area contributed by atoms with E-state index in [9.17, 15) is 5.26 Å². The number of hydrogen-bond acceptors (Lipinski definition) is 5. The Hall–Kier alpha value is -2.06. The van der Waals surface area contributed by atoms with Crippen molar-refractivity contribution >= 4 is 22.8 Å². The first-order valence-corrected chi connectivity index (χ1v) is 6.94. The van der Waals surface area contributed by atoms with Crippen LogP contribution in [0, 0.1) is 11.3 Å². The van der Waals surface area contributed by atoms with Gasteiger partial charge >= 0.3 is 0 Å². The summed E-state index contributed by atoms with van der Waals surface area (Å²) in [4.78, 5) is 7.70. The third-order valence-corrected chi connectivity index (χ3v) is 3.67. The van der Waals surface area contributed by atoms with E-state index in [1.165, 1.54) is 4.88 Å². The molecule has 0 bridgehead atoms. The summed E-state index contributed by atoms with van der Waals surface area (Å²) >= 11 is 1.70. The van der Waals surface area contributed by atoms with Gasteiger partial charge in [-0.05, 0) is 31.4 Å². The zero-order valence-corrected chi connectivity index (χ0v) is 11.8. The molecule has 2 N–H and O–H groups in total. The molecule has 0 aliphatic rings. The number of anilines is 2. The number of hydrogen-bond donors (Lipinski definition) is 1. The summed E-state index contributed by atoms with van der Waals surface area (Å²) in [5, 5.41) is 11.3. The van der Waals surface area contributed by atoms with E-state index in [0.717, 1.165) is 6.54 Å². The lowest BCUT2D eigenvalue weighted by Crippen LogP contribution is -2.31. The molecule has 0 aromatic carbocycles. The third-order valence-electron chi connectivity index (χ3n) is 2.81. The summed E-state index contributed by atoms with van der Waals surface area (Å²) in [6.07, 6.45) is 1.60. The molecule has 0 aliphatic carbocycles. The third kappa shape index (κ3) is 3.04. The highest BCUT2D eigenvalue weighted by atomic mass is 32.1. The molecule has 2 aromatic rings. The van der Waals surface area contributed by atoms with E-state index in [-0.39, 0.29) is 6.04 Å². The topological polar surface area (TPSA) is 65.9 Å². The minimum Gasteiger partial charge on any atom is -0.397 e. The molecule has 0 amide bonds. The Balaban J connectivity index is 2.37. The summed E-state index contributed by atoms with van der Waals surface area (Å²) in [6, 6.07) is 8.21. The van der Waals surface area contributed by atoms with Crippen LogP contribution in [0.2, 0.25) is 0 Å².